The molecule has 0 radical (unpaired) electrons. The number of anilines is 3. The Bertz CT molecular complexity index is 647. The number of nitro groups is 1. The topological polar surface area (TPSA) is 107 Å². The fourth-order valence-electron chi connectivity index (χ4n) is 1.74. The van der Waals surface area contributed by atoms with E-state index in [-0.39, 0.29) is 17.3 Å². The molecular formula is C12H13N5O3. The number of methoxy groups -OCH3 is 1. The zero-order valence-corrected chi connectivity index (χ0v) is 11.0. The molecule has 8 nitrogen and oxygen atoms in total. The maximum absolute atomic E-state index is 11.1. The van der Waals surface area contributed by atoms with Crippen LogP contribution in [0.1, 0.15) is 0 Å². The number of rotatable bonds is 4. The van der Waals surface area contributed by atoms with Gasteiger partial charge < -0.3 is 15.4 Å². The molecule has 2 aromatic rings. The Morgan fingerprint density at radius 2 is 2.15 bits per heavy atom. The number of nitrogen functional groups attached to an aromatic ring is 1. The number of nitrogens with two attached hydrogens (primary N) is 1. The van der Waals surface area contributed by atoms with E-state index in [1.165, 1.54) is 6.33 Å². The van der Waals surface area contributed by atoms with E-state index < -0.39 is 4.92 Å². The normalized spacial score (nSPS) is 10.1. The van der Waals surface area contributed by atoms with Crippen molar-refractivity contribution in [3.05, 3.63) is 40.7 Å². The molecule has 1 aromatic carbocycles. The van der Waals surface area contributed by atoms with E-state index in [0.29, 0.717) is 11.4 Å². The minimum Gasteiger partial charge on any atom is -0.497 e. The second kappa shape index (κ2) is 5.39. The van der Waals surface area contributed by atoms with Gasteiger partial charge in [0.1, 0.15) is 12.1 Å². The minimum absolute atomic E-state index is 0.121. The third-order valence-corrected chi connectivity index (χ3v) is 2.77. The summed E-state index contributed by atoms with van der Waals surface area (Å²) in [6.45, 7) is 0. The molecule has 1 aromatic heterocycles. The molecule has 0 aliphatic rings. The average molecular weight is 275 g/mol. The van der Waals surface area contributed by atoms with Gasteiger partial charge in [-0.15, -0.1) is 0 Å². The zero-order valence-electron chi connectivity index (χ0n) is 11.0. The van der Waals surface area contributed by atoms with Crippen molar-refractivity contribution in [2.24, 2.45) is 0 Å². The molecule has 0 fully saturated rings. The van der Waals surface area contributed by atoms with Gasteiger partial charge in [-0.05, 0) is 12.1 Å². The van der Waals surface area contributed by atoms with Gasteiger partial charge >= 0.3 is 5.69 Å². The van der Waals surface area contributed by atoms with Crippen LogP contribution in [0.15, 0.2) is 30.6 Å². The number of hydrogen-bond acceptors (Lipinski definition) is 7. The van der Waals surface area contributed by atoms with Crippen LogP contribution < -0.4 is 15.4 Å². The van der Waals surface area contributed by atoms with Crippen LogP contribution in [-0.4, -0.2) is 29.0 Å². The number of aromatic nitrogens is 2. The van der Waals surface area contributed by atoms with Crippen molar-refractivity contribution in [1.82, 2.24) is 9.97 Å². The smallest absolute Gasteiger partial charge is 0.353 e. The van der Waals surface area contributed by atoms with E-state index in [4.69, 9.17) is 10.5 Å². The van der Waals surface area contributed by atoms with E-state index in [1.807, 2.05) is 0 Å². The van der Waals surface area contributed by atoms with E-state index >= 15 is 0 Å². The van der Waals surface area contributed by atoms with Crippen molar-refractivity contribution in [2.75, 3.05) is 24.8 Å². The molecule has 1 heterocycles. The molecule has 2 N–H and O–H groups in total. The van der Waals surface area contributed by atoms with E-state index in [2.05, 4.69) is 9.97 Å². The van der Waals surface area contributed by atoms with Crippen LogP contribution in [0.3, 0.4) is 0 Å². The lowest BCUT2D eigenvalue weighted by Crippen LogP contribution is -2.15. The van der Waals surface area contributed by atoms with E-state index in [1.54, 1.807) is 43.3 Å². The molecule has 0 amide bonds. The Hall–Kier alpha value is -2.90. The summed E-state index contributed by atoms with van der Waals surface area (Å²) in [6, 6.07) is 7.08. The molecule has 0 saturated carbocycles. The molecule has 0 aliphatic heterocycles. The molecular weight excluding hydrogens is 262 g/mol. The predicted octanol–water partition coefficient (Wildman–Crippen LogP) is 1.74. The van der Waals surface area contributed by atoms with Gasteiger partial charge in [0.25, 0.3) is 0 Å². The van der Waals surface area contributed by atoms with Gasteiger partial charge in [-0.3, -0.25) is 10.1 Å². The molecule has 0 bridgehead atoms. The molecule has 0 unspecified atom stereocenters. The summed E-state index contributed by atoms with van der Waals surface area (Å²) in [7, 11) is 3.20. The molecule has 0 spiro atoms. The summed E-state index contributed by atoms with van der Waals surface area (Å²) in [5.41, 5.74) is 5.91. The van der Waals surface area contributed by atoms with Gasteiger partial charge in [-0.1, -0.05) is 6.07 Å². The summed E-state index contributed by atoms with van der Waals surface area (Å²) in [5, 5.41) is 11.1. The molecule has 20 heavy (non-hydrogen) atoms. The van der Waals surface area contributed by atoms with Crippen molar-refractivity contribution in [1.29, 1.82) is 0 Å². The lowest BCUT2D eigenvalue weighted by molar-refractivity contribution is -0.383. The number of hydrogen-bond donors (Lipinski definition) is 1. The van der Waals surface area contributed by atoms with Crippen molar-refractivity contribution >= 4 is 23.0 Å². The van der Waals surface area contributed by atoms with E-state index in [0.717, 1.165) is 0 Å². The summed E-state index contributed by atoms with van der Waals surface area (Å²) in [6.07, 6.45) is 1.19. The van der Waals surface area contributed by atoms with Crippen LogP contribution >= 0.6 is 0 Å². The van der Waals surface area contributed by atoms with Gasteiger partial charge in [0.15, 0.2) is 0 Å². The SMILES string of the molecule is COc1cccc(N(C)c2ncnc(N)c2[N+](=O)[O-])c1. The molecule has 8 heteroatoms. The molecule has 0 saturated heterocycles. The summed E-state index contributed by atoms with van der Waals surface area (Å²) >= 11 is 0. The second-order valence-electron chi connectivity index (χ2n) is 3.95. The Balaban J connectivity index is 2.50. The minimum atomic E-state index is -0.596. The van der Waals surface area contributed by atoms with Crippen molar-refractivity contribution in [3.8, 4) is 5.75 Å². The lowest BCUT2D eigenvalue weighted by atomic mass is 10.2. The Labute approximate surface area is 115 Å². The maximum Gasteiger partial charge on any atom is 0.353 e. The van der Waals surface area contributed by atoms with Crippen LogP contribution in [0.4, 0.5) is 23.0 Å². The van der Waals surface area contributed by atoms with Crippen LogP contribution in [0.25, 0.3) is 0 Å². The number of ether oxygens (including phenoxy) is 1. The highest BCUT2D eigenvalue weighted by Gasteiger charge is 2.24. The summed E-state index contributed by atoms with van der Waals surface area (Å²) in [5.74, 6) is 0.588. The zero-order chi connectivity index (χ0) is 14.7. The molecule has 104 valence electrons. The highest BCUT2D eigenvalue weighted by Crippen LogP contribution is 2.34. The third-order valence-electron chi connectivity index (χ3n) is 2.77. The van der Waals surface area contributed by atoms with Gasteiger partial charge in [-0.2, -0.15) is 0 Å². The van der Waals surface area contributed by atoms with Crippen LogP contribution in [0.5, 0.6) is 5.75 Å². The quantitative estimate of drug-likeness (QED) is 0.668. The van der Waals surface area contributed by atoms with Crippen molar-refractivity contribution in [3.63, 3.8) is 0 Å². The standard InChI is InChI=1S/C12H13N5O3/c1-16(8-4-3-5-9(6-8)20-2)12-10(17(18)19)11(13)14-7-15-12/h3-7H,1-2H3,(H2,13,14,15). The van der Waals surface area contributed by atoms with Gasteiger partial charge in [-0.25, -0.2) is 9.97 Å². The molecule has 0 aliphatic carbocycles. The molecule has 2 rings (SSSR count). The Kier molecular flexibility index (Phi) is 3.65. The fraction of sp³-hybridized carbons (Fsp3) is 0.167. The summed E-state index contributed by atoms with van der Waals surface area (Å²) in [4.78, 5) is 19.6. The maximum atomic E-state index is 11.1. The Morgan fingerprint density at radius 3 is 2.80 bits per heavy atom. The van der Waals surface area contributed by atoms with Gasteiger partial charge in [0.05, 0.1) is 12.0 Å². The fourth-order valence-corrected chi connectivity index (χ4v) is 1.74. The molecule has 0 atom stereocenters. The Morgan fingerprint density at radius 1 is 1.40 bits per heavy atom. The van der Waals surface area contributed by atoms with Crippen molar-refractivity contribution in [2.45, 2.75) is 0 Å². The first-order valence-electron chi connectivity index (χ1n) is 5.67. The highest BCUT2D eigenvalue weighted by molar-refractivity contribution is 5.74. The van der Waals surface area contributed by atoms with Crippen LogP contribution in [-0.2, 0) is 0 Å². The second-order valence-corrected chi connectivity index (χ2v) is 3.95. The first kappa shape index (κ1) is 13.5. The highest BCUT2D eigenvalue weighted by atomic mass is 16.6. The first-order chi connectivity index (χ1) is 9.54. The van der Waals surface area contributed by atoms with Crippen LogP contribution in [0, 0.1) is 10.1 Å². The lowest BCUT2D eigenvalue weighted by Gasteiger charge is -2.18. The average Bonchev–Trinajstić information content (AvgIpc) is 2.45. The first-order valence-corrected chi connectivity index (χ1v) is 5.67. The predicted molar refractivity (Wildman–Crippen MR) is 74.2 cm³/mol. The summed E-state index contributed by atoms with van der Waals surface area (Å²) < 4.78 is 5.12. The van der Waals surface area contributed by atoms with Gasteiger partial charge in [0.2, 0.25) is 11.6 Å². The van der Waals surface area contributed by atoms with E-state index in [9.17, 15) is 10.1 Å². The number of nitrogens with zero attached hydrogens (tertiary/aromatic N) is 4. The van der Waals surface area contributed by atoms with Crippen LogP contribution in [0.2, 0.25) is 0 Å². The van der Waals surface area contributed by atoms with Crippen molar-refractivity contribution < 1.29 is 9.66 Å². The number of benzene rings is 1. The monoisotopic (exact) mass is 275 g/mol. The largest absolute Gasteiger partial charge is 0.497 e. The third kappa shape index (κ3) is 2.44. The van der Waals surface area contributed by atoms with Gasteiger partial charge in [0, 0.05) is 18.8 Å².